The number of rotatable bonds is 4. The Morgan fingerprint density at radius 2 is 1.70 bits per heavy atom. The van der Waals surface area contributed by atoms with E-state index in [0.29, 0.717) is 13.1 Å². The molecule has 1 fully saturated rings. The van der Waals surface area contributed by atoms with Gasteiger partial charge in [-0.1, -0.05) is 62.8 Å². The molecule has 0 saturated carbocycles. The van der Waals surface area contributed by atoms with Crippen molar-refractivity contribution >= 4 is 41.9 Å². The molecule has 1 saturated heterocycles. The van der Waals surface area contributed by atoms with E-state index in [1.54, 1.807) is 0 Å². The number of halogens is 1. The van der Waals surface area contributed by atoms with Crippen LogP contribution in [0.15, 0.2) is 40.9 Å². The first-order chi connectivity index (χ1) is 12.4. The van der Waals surface area contributed by atoms with Gasteiger partial charge in [-0.15, -0.1) is 24.0 Å². The molecule has 0 radical (unpaired) electrons. The third-order valence-corrected chi connectivity index (χ3v) is 4.46. The van der Waals surface area contributed by atoms with Crippen molar-refractivity contribution < 1.29 is 4.79 Å². The maximum atomic E-state index is 11.9. The number of likely N-dealkylation sites (tertiary alicyclic amines) is 1. The summed E-state index contributed by atoms with van der Waals surface area (Å²) in [6.45, 7) is 8.97. The second kappa shape index (κ2) is 11.3. The van der Waals surface area contributed by atoms with Gasteiger partial charge in [0.15, 0.2) is 5.96 Å². The molecule has 0 bridgehead atoms. The van der Waals surface area contributed by atoms with Gasteiger partial charge in [-0.2, -0.15) is 0 Å². The number of hydrogen-bond donors (Lipinski definition) is 2. The first kappa shape index (κ1) is 23.5. The number of carbonyl (C=O) groups excluding carboxylic acids is 1. The Kier molecular flexibility index (Phi) is 9.83. The average molecular weight is 484 g/mol. The van der Waals surface area contributed by atoms with Gasteiger partial charge in [0, 0.05) is 38.6 Å². The maximum absolute atomic E-state index is 11.9. The van der Waals surface area contributed by atoms with Crippen molar-refractivity contribution in [2.45, 2.75) is 33.6 Å². The van der Waals surface area contributed by atoms with E-state index in [4.69, 9.17) is 0 Å². The Morgan fingerprint density at radius 3 is 2.26 bits per heavy atom. The molecule has 1 aliphatic heterocycles. The zero-order valence-electron chi connectivity index (χ0n) is 16.9. The molecule has 0 aliphatic carbocycles. The highest BCUT2D eigenvalue weighted by atomic mass is 127. The molecule has 0 unspecified atom stereocenters. The molecule has 6 heteroatoms. The van der Waals surface area contributed by atoms with Gasteiger partial charge in [0.25, 0.3) is 0 Å². The van der Waals surface area contributed by atoms with Gasteiger partial charge in [0.2, 0.25) is 5.91 Å². The third kappa shape index (κ3) is 7.91. The quantitative estimate of drug-likeness (QED) is 0.298. The van der Waals surface area contributed by atoms with Crippen molar-refractivity contribution in [3.05, 3.63) is 41.5 Å². The minimum Gasteiger partial charge on any atom is -0.354 e. The number of nitrogens with one attached hydrogen (secondary N) is 2. The van der Waals surface area contributed by atoms with Crippen molar-refractivity contribution in [3.8, 4) is 0 Å². The van der Waals surface area contributed by atoms with E-state index in [2.05, 4.69) is 50.9 Å². The molecule has 1 amide bonds. The number of benzene rings is 1. The van der Waals surface area contributed by atoms with Gasteiger partial charge in [-0.3, -0.25) is 9.79 Å². The molecule has 1 aliphatic rings. The van der Waals surface area contributed by atoms with Gasteiger partial charge < -0.3 is 15.5 Å². The smallest absolute Gasteiger partial charge is 0.225 e. The van der Waals surface area contributed by atoms with Crippen LogP contribution in [0.3, 0.4) is 0 Å². The summed E-state index contributed by atoms with van der Waals surface area (Å²) in [5.41, 5.74) is 2.41. The SMILES string of the molecule is CN=C(NCCNC(=O)C(C)(C)C)N1CCC(=Cc2ccccc2)CC1.I. The molecule has 2 N–H and O–H groups in total. The molecule has 1 aromatic rings. The number of hydrogen-bond acceptors (Lipinski definition) is 2. The van der Waals surface area contributed by atoms with E-state index >= 15 is 0 Å². The molecule has 0 spiro atoms. The predicted molar refractivity (Wildman–Crippen MR) is 124 cm³/mol. The van der Waals surface area contributed by atoms with E-state index in [9.17, 15) is 4.79 Å². The molecule has 5 nitrogen and oxygen atoms in total. The van der Waals surface area contributed by atoms with Crippen molar-refractivity contribution in [2.75, 3.05) is 33.2 Å². The molecule has 0 aromatic heterocycles. The predicted octanol–water partition coefficient (Wildman–Crippen LogP) is 3.52. The molecule has 150 valence electrons. The van der Waals surface area contributed by atoms with Crippen molar-refractivity contribution in [1.82, 2.24) is 15.5 Å². The Bertz CT molecular complexity index is 640. The van der Waals surface area contributed by atoms with Crippen LogP contribution in [0.2, 0.25) is 0 Å². The van der Waals surface area contributed by atoms with Crippen LogP contribution in [0.4, 0.5) is 0 Å². The first-order valence-electron chi connectivity index (χ1n) is 9.38. The van der Waals surface area contributed by atoms with Gasteiger partial charge in [-0.25, -0.2) is 0 Å². The third-order valence-electron chi connectivity index (χ3n) is 4.46. The normalized spacial score (nSPS) is 15.0. The van der Waals surface area contributed by atoms with E-state index in [1.807, 2.05) is 33.9 Å². The fourth-order valence-corrected chi connectivity index (χ4v) is 2.88. The molecular formula is C21H33IN4O. The first-order valence-corrected chi connectivity index (χ1v) is 9.38. The number of amides is 1. The highest BCUT2D eigenvalue weighted by Gasteiger charge is 2.20. The highest BCUT2D eigenvalue weighted by Crippen LogP contribution is 2.19. The standard InChI is InChI=1S/C21H32N4O.HI/c1-21(2,3)19(26)23-12-13-24-20(22-4)25-14-10-18(11-15-25)16-17-8-6-5-7-9-17;/h5-9,16H,10-15H2,1-4H3,(H,22,24)(H,23,26);1H. The summed E-state index contributed by atoms with van der Waals surface area (Å²) < 4.78 is 0. The summed E-state index contributed by atoms with van der Waals surface area (Å²) in [4.78, 5) is 18.6. The molecule has 27 heavy (non-hydrogen) atoms. The topological polar surface area (TPSA) is 56.7 Å². The van der Waals surface area contributed by atoms with Crippen LogP contribution in [-0.2, 0) is 4.79 Å². The Morgan fingerprint density at radius 1 is 1.11 bits per heavy atom. The van der Waals surface area contributed by atoms with Gasteiger partial charge in [-0.05, 0) is 18.4 Å². The second-order valence-corrected chi connectivity index (χ2v) is 7.68. The number of carbonyl (C=O) groups is 1. The van der Waals surface area contributed by atoms with Crippen LogP contribution in [0, 0.1) is 5.41 Å². The molecule has 1 heterocycles. The van der Waals surface area contributed by atoms with Crippen molar-refractivity contribution in [1.29, 1.82) is 0 Å². The summed E-state index contributed by atoms with van der Waals surface area (Å²) >= 11 is 0. The summed E-state index contributed by atoms with van der Waals surface area (Å²) in [5, 5.41) is 6.31. The van der Waals surface area contributed by atoms with E-state index in [0.717, 1.165) is 31.9 Å². The number of aliphatic imine (C=N–C) groups is 1. The zero-order valence-corrected chi connectivity index (χ0v) is 19.2. The Labute approximate surface area is 180 Å². The van der Waals surface area contributed by atoms with E-state index in [1.165, 1.54) is 11.1 Å². The van der Waals surface area contributed by atoms with Crippen LogP contribution in [0.5, 0.6) is 0 Å². The van der Waals surface area contributed by atoms with E-state index < -0.39 is 0 Å². The summed E-state index contributed by atoms with van der Waals surface area (Å²) in [6.07, 6.45) is 4.41. The van der Waals surface area contributed by atoms with Gasteiger partial charge in [0.1, 0.15) is 0 Å². The lowest BCUT2D eigenvalue weighted by Crippen LogP contribution is -2.47. The monoisotopic (exact) mass is 484 g/mol. The second-order valence-electron chi connectivity index (χ2n) is 7.68. The van der Waals surface area contributed by atoms with Crippen LogP contribution >= 0.6 is 24.0 Å². The Hall–Kier alpha value is -1.57. The molecular weight excluding hydrogens is 451 g/mol. The lowest BCUT2D eigenvalue weighted by molar-refractivity contribution is -0.128. The van der Waals surface area contributed by atoms with Crippen LogP contribution in [-0.4, -0.2) is 50.0 Å². The maximum Gasteiger partial charge on any atom is 0.225 e. The highest BCUT2D eigenvalue weighted by molar-refractivity contribution is 14.0. The minimum absolute atomic E-state index is 0. The van der Waals surface area contributed by atoms with Crippen molar-refractivity contribution in [2.24, 2.45) is 10.4 Å². The minimum atomic E-state index is -0.351. The van der Waals surface area contributed by atoms with Crippen LogP contribution < -0.4 is 10.6 Å². The number of piperidine rings is 1. The molecule has 2 rings (SSSR count). The number of guanidine groups is 1. The summed E-state index contributed by atoms with van der Waals surface area (Å²) in [6, 6.07) is 10.5. The van der Waals surface area contributed by atoms with Gasteiger partial charge >= 0.3 is 0 Å². The lowest BCUT2D eigenvalue weighted by Gasteiger charge is -2.31. The Balaban J connectivity index is 0.00000364. The van der Waals surface area contributed by atoms with Crippen molar-refractivity contribution in [3.63, 3.8) is 0 Å². The molecule has 0 atom stereocenters. The van der Waals surface area contributed by atoms with Crippen LogP contribution in [0.1, 0.15) is 39.2 Å². The lowest BCUT2D eigenvalue weighted by atomic mass is 9.96. The largest absolute Gasteiger partial charge is 0.354 e. The number of nitrogens with zero attached hydrogens (tertiary/aromatic N) is 2. The fraction of sp³-hybridized carbons (Fsp3) is 0.524. The van der Waals surface area contributed by atoms with E-state index in [-0.39, 0.29) is 35.3 Å². The summed E-state index contributed by atoms with van der Waals surface area (Å²) in [5.74, 6) is 0.983. The molecule has 1 aromatic carbocycles. The fourth-order valence-electron chi connectivity index (χ4n) is 2.88. The average Bonchev–Trinajstić information content (AvgIpc) is 2.62. The summed E-state index contributed by atoms with van der Waals surface area (Å²) in [7, 11) is 1.81. The van der Waals surface area contributed by atoms with Crippen LogP contribution in [0.25, 0.3) is 6.08 Å². The zero-order chi connectivity index (χ0) is 19.0. The van der Waals surface area contributed by atoms with Gasteiger partial charge in [0.05, 0.1) is 0 Å².